The Morgan fingerprint density at radius 3 is 2.45 bits per heavy atom. The second-order valence-electron chi connectivity index (χ2n) is 4.90. The summed E-state index contributed by atoms with van der Waals surface area (Å²) in [5, 5.41) is 3.54. The van der Waals surface area contributed by atoms with Crippen LogP contribution in [0, 0.1) is 5.92 Å². The molecule has 20 heavy (non-hydrogen) atoms. The summed E-state index contributed by atoms with van der Waals surface area (Å²) in [6, 6.07) is 6.16. The van der Waals surface area contributed by atoms with Crippen LogP contribution in [0.15, 0.2) is 18.2 Å². The van der Waals surface area contributed by atoms with E-state index in [1.807, 2.05) is 12.1 Å². The van der Waals surface area contributed by atoms with Crippen LogP contribution in [0.25, 0.3) is 0 Å². The summed E-state index contributed by atoms with van der Waals surface area (Å²) in [6.07, 6.45) is 0.995. The van der Waals surface area contributed by atoms with Gasteiger partial charge in [0.25, 0.3) is 0 Å². The minimum atomic E-state index is 0.222. The van der Waals surface area contributed by atoms with Crippen LogP contribution in [-0.4, -0.2) is 34.5 Å². The van der Waals surface area contributed by atoms with E-state index in [9.17, 15) is 0 Å². The first-order valence-electron chi connectivity index (χ1n) is 7.12. The minimum Gasteiger partial charge on any atom is -0.497 e. The fraction of sp³-hybridized carbons (Fsp3) is 0.625. The van der Waals surface area contributed by atoms with Crippen molar-refractivity contribution >= 4 is 0 Å². The van der Waals surface area contributed by atoms with Crippen LogP contribution in [0.5, 0.6) is 11.5 Å². The lowest BCUT2D eigenvalue weighted by Gasteiger charge is -2.27. The Morgan fingerprint density at radius 1 is 1.15 bits per heavy atom. The molecule has 114 valence electrons. The molecule has 0 aliphatic carbocycles. The number of methoxy groups -OCH3 is 3. The predicted molar refractivity (Wildman–Crippen MR) is 81.6 cm³/mol. The van der Waals surface area contributed by atoms with Gasteiger partial charge in [0, 0.05) is 25.3 Å². The van der Waals surface area contributed by atoms with E-state index in [4.69, 9.17) is 14.2 Å². The lowest BCUT2D eigenvalue weighted by atomic mass is 9.91. The molecule has 1 aromatic rings. The Morgan fingerprint density at radius 2 is 1.90 bits per heavy atom. The van der Waals surface area contributed by atoms with Crippen molar-refractivity contribution in [1.82, 2.24) is 5.32 Å². The van der Waals surface area contributed by atoms with Crippen LogP contribution < -0.4 is 14.8 Å². The van der Waals surface area contributed by atoms with Crippen molar-refractivity contribution in [2.24, 2.45) is 5.92 Å². The molecular formula is C16H27NO3. The lowest BCUT2D eigenvalue weighted by molar-refractivity contribution is 0.170. The summed E-state index contributed by atoms with van der Waals surface area (Å²) in [4.78, 5) is 0. The van der Waals surface area contributed by atoms with Crippen LogP contribution in [0.4, 0.5) is 0 Å². The fourth-order valence-electron chi connectivity index (χ4n) is 2.39. The van der Waals surface area contributed by atoms with Gasteiger partial charge in [-0.3, -0.25) is 0 Å². The quantitative estimate of drug-likeness (QED) is 0.755. The van der Waals surface area contributed by atoms with Gasteiger partial charge in [0.05, 0.1) is 14.2 Å². The Hall–Kier alpha value is -1.26. The Labute approximate surface area is 122 Å². The van der Waals surface area contributed by atoms with Gasteiger partial charge in [0.1, 0.15) is 11.5 Å². The summed E-state index contributed by atoms with van der Waals surface area (Å²) in [6.45, 7) is 6.01. The monoisotopic (exact) mass is 281 g/mol. The number of nitrogens with one attached hydrogen (secondary N) is 1. The zero-order valence-electron chi connectivity index (χ0n) is 13.2. The third-order valence-corrected chi connectivity index (χ3v) is 3.54. The maximum atomic E-state index is 5.50. The van der Waals surface area contributed by atoms with Gasteiger partial charge < -0.3 is 19.5 Å². The highest BCUT2D eigenvalue weighted by atomic mass is 16.5. The molecule has 1 aromatic carbocycles. The molecule has 0 amide bonds. The van der Waals surface area contributed by atoms with Gasteiger partial charge >= 0.3 is 0 Å². The van der Waals surface area contributed by atoms with Gasteiger partial charge in [0.2, 0.25) is 0 Å². The highest BCUT2D eigenvalue weighted by Gasteiger charge is 2.22. The topological polar surface area (TPSA) is 39.7 Å². The lowest BCUT2D eigenvalue weighted by Crippen LogP contribution is -2.28. The van der Waals surface area contributed by atoms with E-state index >= 15 is 0 Å². The van der Waals surface area contributed by atoms with Crippen molar-refractivity contribution < 1.29 is 14.2 Å². The zero-order chi connectivity index (χ0) is 15.0. The summed E-state index contributed by atoms with van der Waals surface area (Å²) < 4.78 is 16.0. The van der Waals surface area contributed by atoms with E-state index in [1.165, 1.54) is 0 Å². The molecule has 0 heterocycles. The largest absolute Gasteiger partial charge is 0.497 e. The third-order valence-electron chi connectivity index (χ3n) is 3.54. The molecule has 0 aromatic heterocycles. The highest BCUT2D eigenvalue weighted by Crippen LogP contribution is 2.34. The molecular weight excluding hydrogens is 254 g/mol. The number of benzene rings is 1. The molecule has 0 fully saturated rings. The van der Waals surface area contributed by atoms with Gasteiger partial charge in [-0.15, -0.1) is 0 Å². The van der Waals surface area contributed by atoms with Gasteiger partial charge in [-0.1, -0.05) is 13.8 Å². The van der Waals surface area contributed by atoms with Crippen molar-refractivity contribution in [3.05, 3.63) is 23.8 Å². The van der Waals surface area contributed by atoms with Crippen LogP contribution >= 0.6 is 0 Å². The Kier molecular flexibility index (Phi) is 7.41. The number of hydrogen-bond acceptors (Lipinski definition) is 4. The molecule has 4 heteroatoms. The second kappa shape index (κ2) is 8.82. The molecule has 1 N–H and O–H groups in total. The maximum Gasteiger partial charge on any atom is 0.123 e. The summed E-state index contributed by atoms with van der Waals surface area (Å²) >= 11 is 0. The zero-order valence-corrected chi connectivity index (χ0v) is 13.2. The average molecular weight is 281 g/mol. The van der Waals surface area contributed by atoms with E-state index in [0.717, 1.165) is 36.6 Å². The van der Waals surface area contributed by atoms with Crippen molar-refractivity contribution in [1.29, 1.82) is 0 Å². The normalized spacial score (nSPS) is 13.8. The van der Waals surface area contributed by atoms with Crippen LogP contribution in [0.3, 0.4) is 0 Å². The number of ether oxygens (including phenoxy) is 3. The van der Waals surface area contributed by atoms with E-state index in [1.54, 1.807) is 21.3 Å². The highest BCUT2D eigenvalue weighted by molar-refractivity contribution is 5.42. The first-order valence-corrected chi connectivity index (χ1v) is 7.12. The van der Waals surface area contributed by atoms with E-state index in [-0.39, 0.29) is 6.04 Å². The third kappa shape index (κ3) is 4.39. The molecule has 0 bridgehead atoms. The van der Waals surface area contributed by atoms with E-state index < -0.39 is 0 Å². The molecule has 0 saturated carbocycles. The molecule has 4 nitrogen and oxygen atoms in total. The summed E-state index contributed by atoms with van der Waals surface area (Å²) in [5.74, 6) is 2.18. The second-order valence-corrected chi connectivity index (χ2v) is 4.90. The number of rotatable bonds is 9. The van der Waals surface area contributed by atoms with E-state index in [0.29, 0.717) is 5.92 Å². The molecule has 1 rings (SSSR count). The molecule has 2 atom stereocenters. The first kappa shape index (κ1) is 16.8. The van der Waals surface area contributed by atoms with Crippen molar-refractivity contribution in [2.45, 2.75) is 26.3 Å². The van der Waals surface area contributed by atoms with Crippen LogP contribution in [0.1, 0.15) is 31.9 Å². The minimum absolute atomic E-state index is 0.222. The average Bonchev–Trinajstić information content (AvgIpc) is 2.49. The maximum absolute atomic E-state index is 5.50. The fourth-order valence-corrected chi connectivity index (χ4v) is 2.39. The molecule has 0 aliphatic rings. The standard InChI is InChI=1S/C16H27NO3/c1-6-17-16(12(2)9-10-18-3)14-11-13(19-4)7-8-15(14)20-5/h7-8,11-12,16-17H,6,9-10H2,1-5H3. The summed E-state index contributed by atoms with van der Waals surface area (Å²) in [7, 11) is 5.12. The molecule has 0 radical (unpaired) electrons. The van der Waals surface area contributed by atoms with Crippen LogP contribution in [0.2, 0.25) is 0 Å². The van der Waals surface area contributed by atoms with Crippen molar-refractivity contribution in [2.75, 3.05) is 34.5 Å². The van der Waals surface area contributed by atoms with Gasteiger partial charge in [0.15, 0.2) is 0 Å². The van der Waals surface area contributed by atoms with Crippen molar-refractivity contribution in [3.63, 3.8) is 0 Å². The Bertz CT molecular complexity index is 395. The van der Waals surface area contributed by atoms with Crippen molar-refractivity contribution in [3.8, 4) is 11.5 Å². The SMILES string of the molecule is CCNC(c1cc(OC)ccc1OC)C(C)CCOC. The first-order chi connectivity index (χ1) is 9.67. The number of hydrogen-bond donors (Lipinski definition) is 1. The molecule has 0 aliphatic heterocycles. The smallest absolute Gasteiger partial charge is 0.123 e. The molecule has 0 saturated heterocycles. The Balaban J connectivity index is 3.05. The summed E-state index contributed by atoms with van der Waals surface area (Å²) in [5.41, 5.74) is 1.14. The van der Waals surface area contributed by atoms with Gasteiger partial charge in [-0.2, -0.15) is 0 Å². The predicted octanol–water partition coefficient (Wildman–Crippen LogP) is 3.03. The van der Waals surface area contributed by atoms with Gasteiger partial charge in [-0.25, -0.2) is 0 Å². The van der Waals surface area contributed by atoms with E-state index in [2.05, 4.69) is 25.2 Å². The molecule has 0 spiro atoms. The molecule has 2 unspecified atom stereocenters. The van der Waals surface area contributed by atoms with Crippen LogP contribution in [-0.2, 0) is 4.74 Å². The van der Waals surface area contributed by atoms with Gasteiger partial charge in [-0.05, 0) is 37.1 Å².